The van der Waals surface area contributed by atoms with Crippen LogP contribution in [0.4, 0.5) is 10.3 Å². The number of nitrogen functional groups attached to an aromatic ring is 1. The fraction of sp³-hybridized carbons (Fsp3) is 0.571. The Morgan fingerprint density at radius 2 is 2.36 bits per heavy atom. The highest BCUT2D eigenvalue weighted by molar-refractivity contribution is 7.71. The summed E-state index contributed by atoms with van der Waals surface area (Å²) in [6.07, 6.45) is -3.78. The first kappa shape index (κ1) is 17.7. The quantitative estimate of drug-likeness (QED) is 0.533. The number of imidazole rings is 1. The second-order valence-corrected chi connectivity index (χ2v) is 6.41. The van der Waals surface area contributed by atoms with Crippen molar-refractivity contribution in [3.8, 4) is 0 Å². The molecular weight excluding hydrogens is 353 g/mol. The van der Waals surface area contributed by atoms with Crippen LogP contribution in [-0.4, -0.2) is 55.6 Å². The van der Waals surface area contributed by atoms with Crippen LogP contribution in [0.5, 0.6) is 0 Å². The predicted molar refractivity (Wildman–Crippen MR) is 87.7 cm³/mol. The zero-order valence-electron chi connectivity index (χ0n) is 13.5. The summed E-state index contributed by atoms with van der Waals surface area (Å²) in [6, 6.07) is 0. The lowest BCUT2D eigenvalue weighted by Crippen LogP contribution is -2.36. The molecule has 0 bridgehead atoms. The number of ether oxygens (including phenoxy) is 2. The molecule has 1 saturated heterocycles. The van der Waals surface area contributed by atoms with E-state index in [4.69, 9.17) is 27.4 Å². The van der Waals surface area contributed by atoms with E-state index in [0.717, 1.165) is 0 Å². The fourth-order valence-electron chi connectivity index (χ4n) is 2.62. The number of H-pyrrole nitrogens is 1. The minimum absolute atomic E-state index is 0.0501. The summed E-state index contributed by atoms with van der Waals surface area (Å²) >= 11 is 5.08. The van der Waals surface area contributed by atoms with Gasteiger partial charge in [0.1, 0.15) is 17.3 Å². The average Bonchev–Trinajstić information content (AvgIpc) is 3.09. The molecule has 0 aromatic carbocycles. The number of hydrogen-bond acceptors (Lipinski definition) is 8. The zero-order chi connectivity index (χ0) is 18.3. The van der Waals surface area contributed by atoms with Gasteiger partial charge in [0.2, 0.25) is 0 Å². The molecule has 1 aliphatic heterocycles. The van der Waals surface area contributed by atoms with E-state index in [1.165, 1.54) is 10.9 Å². The number of carbonyl (C=O) groups is 1. The number of aliphatic hydroxyl groups excluding tert-OH is 1. The first-order chi connectivity index (χ1) is 11.8. The minimum Gasteiger partial charge on any atom is -0.456 e. The number of nitrogens with one attached hydrogen (secondary N) is 1. The van der Waals surface area contributed by atoms with Gasteiger partial charge in [-0.05, 0) is 0 Å². The molecule has 136 valence electrons. The van der Waals surface area contributed by atoms with Gasteiger partial charge in [-0.15, -0.1) is 0 Å². The standard InChI is InChI=1S/C14H18FN5O4S/c1-5(2)13(22)24-9-6(3-21)23-12(7(9)15)20-4-17-8-10(20)18-14(16)19-11(8)25/h4-7,9,12,21H,3H2,1-2H3,(H3,16,18,19,25)/t6-,7-,9-,12-/m1/s1. The Morgan fingerprint density at radius 3 is 3.00 bits per heavy atom. The van der Waals surface area contributed by atoms with Crippen LogP contribution in [0.3, 0.4) is 0 Å². The Hall–Kier alpha value is -2.11. The number of esters is 1. The molecule has 1 fully saturated rings. The summed E-state index contributed by atoms with van der Waals surface area (Å²) in [6.45, 7) is 2.77. The van der Waals surface area contributed by atoms with Gasteiger partial charge in [-0.2, -0.15) is 0 Å². The van der Waals surface area contributed by atoms with Gasteiger partial charge in [-0.1, -0.05) is 26.1 Å². The number of hydrogen-bond donors (Lipinski definition) is 3. The number of rotatable bonds is 4. The number of nitrogens with zero attached hydrogens (tertiary/aromatic N) is 3. The first-order valence-electron chi connectivity index (χ1n) is 7.66. The Bertz CT molecular complexity index is 853. The highest BCUT2D eigenvalue weighted by atomic mass is 32.1. The molecule has 25 heavy (non-hydrogen) atoms. The van der Waals surface area contributed by atoms with E-state index in [1.807, 2.05) is 0 Å². The van der Waals surface area contributed by atoms with Gasteiger partial charge in [-0.3, -0.25) is 9.36 Å². The number of halogens is 1. The van der Waals surface area contributed by atoms with Crippen molar-refractivity contribution >= 4 is 35.3 Å². The summed E-state index contributed by atoms with van der Waals surface area (Å²) < 4.78 is 27.2. The van der Waals surface area contributed by atoms with Gasteiger partial charge in [-0.25, -0.2) is 14.4 Å². The van der Waals surface area contributed by atoms with Crippen LogP contribution in [0.25, 0.3) is 11.2 Å². The van der Waals surface area contributed by atoms with Gasteiger partial charge < -0.3 is 25.3 Å². The van der Waals surface area contributed by atoms with Crippen molar-refractivity contribution in [3.63, 3.8) is 0 Å². The molecule has 1 aliphatic rings. The number of alkyl halides is 1. The first-order valence-corrected chi connectivity index (χ1v) is 8.07. The van der Waals surface area contributed by atoms with Crippen LogP contribution < -0.4 is 5.73 Å². The van der Waals surface area contributed by atoms with Crippen LogP contribution in [0.15, 0.2) is 6.33 Å². The van der Waals surface area contributed by atoms with Gasteiger partial charge in [0, 0.05) is 0 Å². The Labute approximate surface area is 147 Å². The predicted octanol–water partition coefficient (Wildman–Crippen LogP) is 0.867. The van der Waals surface area contributed by atoms with Gasteiger partial charge in [0.25, 0.3) is 0 Å². The Morgan fingerprint density at radius 1 is 1.64 bits per heavy atom. The highest BCUT2D eigenvalue weighted by Crippen LogP contribution is 2.35. The third-order valence-electron chi connectivity index (χ3n) is 3.91. The summed E-state index contributed by atoms with van der Waals surface area (Å²) in [4.78, 5) is 22.6. The molecule has 4 atom stereocenters. The van der Waals surface area contributed by atoms with Gasteiger partial charge >= 0.3 is 5.97 Å². The van der Waals surface area contributed by atoms with Gasteiger partial charge in [0.15, 0.2) is 29.1 Å². The second-order valence-electron chi connectivity index (χ2n) is 6.02. The maximum absolute atomic E-state index is 15.0. The Balaban J connectivity index is 1.96. The van der Waals surface area contributed by atoms with Crippen molar-refractivity contribution in [2.24, 2.45) is 5.92 Å². The molecule has 2 aromatic rings. The van der Waals surface area contributed by atoms with Crippen molar-refractivity contribution < 1.29 is 23.8 Å². The molecule has 0 amide bonds. The number of carbonyl (C=O) groups excluding carboxylic acids is 1. The molecule has 4 N–H and O–H groups in total. The summed E-state index contributed by atoms with van der Waals surface area (Å²) in [5, 5.41) is 9.46. The molecule has 0 radical (unpaired) electrons. The molecule has 0 aliphatic carbocycles. The molecule has 0 spiro atoms. The lowest BCUT2D eigenvalue weighted by atomic mass is 10.1. The van der Waals surface area contributed by atoms with Crippen molar-refractivity contribution in [3.05, 3.63) is 11.0 Å². The SMILES string of the molecule is CC(C)C(=O)O[C@H]1[C@@H](F)[C@H](n2cnc3c(=S)nc(N)[nH]c32)O[C@@H]1CO. The van der Waals surface area contributed by atoms with Crippen molar-refractivity contribution in [1.29, 1.82) is 0 Å². The summed E-state index contributed by atoms with van der Waals surface area (Å²) in [5.41, 5.74) is 6.32. The molecular formula is C14H18FN5O4S. The Kier molecular flexibility index (Phi) is 4.71. The number of aromatic amines is 1. The maximum atomic E-state index is 15.0. The molecule has 0 saturated carbocycles. The van der Waals surface area contributed by atoms with Crippen LogP contribution in [0.1, 0.15) is 20.1 Å². The number of nitrogens with two attached hydrogens (primary N) is 1. The van der Waals surface area contributed by atoms with E-state index in [2.05, 4.69) is 15.0 Å². The van der Waals surface area contributed by atoms with Crippen molar-refractivity contribution in [1.82, 2.24) is 19.5 Å². The van der Waals surface area contributed by atoms with Crippen molar-refractivity contribution in [2.75, 3.05) is 12.3 Å². The number of aromatic nitrogens is 4. The second kappa shape index (κ2) is 6.65. The lowest BCUT2D eigenvalue weighted by Gasteiger charge is -2.19. The molecule has 3 heterocycles. The molecule has 9 nitrogen and oxygen atoms in total. The van der Waals surface area contributed by atoms with Crippen LogP contribution in [0, 0.1) is 10.6 Å². The normalized spacial score (nSPS) is 26.4. The zero-order valence-corrected chi connectivity index (χ0v) is 14.4. The molecule has 2 aromatic heterocycles. The lowest BCUT2D eigenvalue weighted by molar-refractivity contribution is -0.158. The maximum Gasteiger partial charge on any atom is 0.308 e. The number of anilines is 1. The number of fused-ring (bicyclic) bond motifs is 1. The highest BCUT2D eigenvalue weighted by Gasteiger charge is 2.49. The van der Waals surface area contributed by atoms with Crippen molar-refractivity contribution in [2.45, 2.75) is 38.5 Å². The molecule has 11 heteroatoms. The van der Waals surface area contributed by atoms with Crippen LogP contribution in [0.2, 0.25) is 0 Å². The van der Waals surface area contributed by atoms with E-state index in [9.17, 15) is 14.3 Å². The summed E-state index contributed by atoms with van der Waals surface area (Å²) in [5.74, 6) is -0.950. The largest absolute Gasteiger partial charge is 0.456 e. The minimum atomic E-state index is -1.71. The molecule has 0 unspecified atom stereocenters. The van der Waals surface area contributed by atoms with E-state index in [-0.39, 0.29) is 10.6 Å². The van der Waals surface area contributed by atoms with E-state index >= 15 is 0 Å². The summed E-state index contributed by atoms with van der Waals surface area (Å²) in [7, 11) is 0. The van der Waals surface area contributed by atoms with E-state index in [1.54, 1.807) is 13.8 Å². The third-order valence-corrected chi connectivity index (χ3v) is 4.19. The van der Waals surface area contributed by atoms with Crippen LogP contribution >= 0.6 is 12.2 Å². The average molecular weight is 371 g/mol. The molecule has 3 rings (SSSR count). The monoisotopic (exact) mass is 371 g/mol. The fourth-order valence-corrected chi connectivity index (χ4v) is 2.87. The van der Waals surface area contributed by atoms with E-state index < -0.39 is 43.1 Å². The topological polar surface area (TPSA) is 128 Å². The van der Waals surface area contributed by atoms with Crippen LogP contribution in [-0.2, 0) is 14.3 Å². The van der Waals surface area contributed by atoms with E-state index in [0.29, 0.717) is 11.2 Å². The third kappa shape index (κ3) is 3.10. The number of aliphatic hydroxyl groups is 1. The van der Waals surface area contributed by atoms with Gasteiger partial charge in [0.05, 0.1) is 18.9 Å². The smallest absolute Gasteiger partial charge is 0.308 e.